The molecule has 10 heteroatoms. The average molecular weight is 421 g/mol. The first kappa shape index (κ1) is 20.9. The quantitative estimate of drug-likeness (QED) is 0.589. The lowest BCUT2D eigenvalue weighted by atomic mass is 9.97. The highest BCUT2D eigenvalue weighted by molar-refractivity contribution is 7.89. The molecule has 1 N–H and O–H groups in total. The molecular weight excluding hydrogens is 401 g/mol. The zero-order valence-corrected chi connectivity index (χ0v) is 16.5. The second kappa shape index (κ2) is 8.26. The largest absolute Gasteiger partial charge is 0.325 e. The van der Waals surface area contributed by atoms with Gasteiger partial charge in [-0.1, -0.05) is 18.2 Å². The van der Waals surface area contributed by atoms with Crippen molar-refractivity contribution in [3.63, 3.8) is 0 Å². The summed E-state index contributed by atoms with van der Waals surface area (Å²) in [6, 6.07) is 9.39. The third-order valence-corrected chi connectivity index (χ3v) is 6.90. The first-order valence-corrected chi connectivity index (χ1v) is 10.4. The fourth-order valence-electron chi connectivity index (χ4n) is 3.24. The van der Waals surface area contributed by atoms with Crippen molar-refractivity contribution in [3.05, 3.63) is 64.0 Å². The zero-order chi connectivity index (χ0) is 21.2. The number of nitrogens with one attached hydrogen (secondary N) is 1. The van der Waals surface area contributed by atoms with Gasteiger partial charge in [-0.2, -0.15) is 4.31 Å². The molecule has 0 unspecified atom stereocenters. The minimum absolute atomic E-state index is 0.0860. The Labute approximate surface area is 167 Å². The van der Waals surface area contributed by atoms with E-state index >= 15 is 0 Å². The molecule has 1 aliphatic heterocycles. The fourth-order valence-corrected chi connectivity index (χ4v) is 4.78. The summed E-state index contributed by atoms with van der Waals surface area (Å²) in [4.78, 5) is 22.6. The number of anilines is 1. The van der Waals surface area contributed by atoms with E-state index in [0.717, 1.165) is 6.07 Å². The number of nitro groups is 1. The predicted octanol–water partition coefficient (Wildman–Crippen LogP) is 3.08. The number of rotatable bonds is 5. The number of hydrogen-bond acceptors (Lipinski definition) is 5. The number of nitrogens with zero attached hydrogens (tertiary/aromatic N) is 2. The number of aryl methyl sites for hydroxylation is 1. The second-order valence-electron chi connectivity index (χ2n) is 6.85. The summed E-state index contributed by atoms with van der Waals surface area (Å²) in [5.41, 5.74) is 0.908. The van der Waals surface area contributed by atoms with Gasteiger partial charge in [0, 0.05) is 31.1 Å². The van der Waals surface area contributed by atoms with Gasteiger partial charge in [-0.05, 0) is 37.5 Å². The van der Waals surface area contributed by atoms with Crippen LogP contribution in [0.1, 0.15) is 18.4 Å². The molecule has 0 spiro atoms. The Balaban J connectivity index is 1.67. The first-order valence-electron chi connectivity index (χ1n) is 9.00. The topological polar surface area (TPSA) is 110 Å². The van der Waals surface area contributed by atoms with Gasteiger partial charge in [-0.15, -0.1) is 0 Å². The van der Waals surface area contributed by atoms with Gasteiger partial charge in [0.05, 0.1) is 10.6 Å². The SMILES string of the molecule is Cc1ccc([N+](=O)[O-])cc1NC(=O)C1CCN(S(=O)(=O)c2ccccc2F)CC1. The monoisotopic (exact) mass is 421 g/mol. The molecule has 0 aromatic heterocycles. The van der Waals surface area contributed by atoms with Crippen LogP contribution in [0.5, 0.6) is 0 Å². The summed E-state index contributed by atoms with van der Waals surface area (Å²) >= 11 is 0. The van der Waals surface area contributed by atoms with Crippen LogP contribution in [0.25, 0.3) is 0 Å². The molecule has 0 radical (unpaired) electrons. The molecular formula is C19H20FN3O5S. The molecule has 2 aromatic rings. The van der Waals surface area contributed by atoms with E-state index in [-0.39, 0.29) is 42.4 Å². The molecule has 0 bridgehead atoms. The van der Waals surface area contributed by atoms with Crippen molar-refractivity contribution in [1.29, 1.82) is 0 Å². The highest BCUT2D eigenvalue weighted by atomic mass is 32.2. The number of carbonyl (C=O) groups is 1. The Morgan fingerprint density at radius 2 is 1.86 bits per heavy atom. The van der Waals surface area contributed by atoms with Gasteiger partial charge in [0.15, 0.2) is 0 Å². The Morgan fingerprint density at radius 1 is 1.21 bits per heavy atom. The number of benzene rings is 2. The van der Waals surface area contributed by atoms with E-state index in [2.05, 4.69) is 5.32 Å². The van der Waals surface area contributed by atoms with E-state index in [1.165, 1.54) is 34.6 Å². The number of piperidine rings is 1. The Bertz CT molecular complexity index is 1050. The molecule has 0 aliphatic carbocycles. The summed E-state index contributed by atoms with van der Waals surface area (Å²) in [5.74, 6) is -1.58. The average Bonchev–Trinajstić information content (AvgIpc) is 2.69. The minimum Gasteiger partial charge on any atom is -0.325 e. The van der Waals surface area contributed by atoms with E-state index in [9.17, 15) is 27.7 Å². The second-order valence-corrected chi connectivity index (χ2v) is 8.76. The maximum absolute atomic E-state index is 13.9. The van der Waals surface area contributed by atoms with E-state index in [0.29, 0.717) is 11.3 Å². The number of sulfonamides is 1. The van der Waals surface area contributed by atoms with Crippen LogP contribution in [0.3, 0.4) is 0 Å². The summed E-state index contributed by atoms with van der Waals surface area (Å²) < 4.78 is 40.4. The summed E-state index contributed by atoms with van der Waals surface area (Å²) in [5, 5.41) is 13.6. The molecule has 1 heterocycles. The number of hydrogen-bond donors (Lipinski definition) is 1. The van der Waals surface area contributed by atoms with E-state index in [1.807, 2.05) is 0 Å². The zero-order valence-electron chi connectivity index (χ0n) is 15.7. The van der Waals surface area contributed by atoms with Crippen LogP contribution in [0.15, 0.2) is 47.4 Å². The Hall–Kier alpha value is -2.85. The van der Waals surface area contributed by atoms with Crippen LogP contribution < -0.4 is 5.32 Å². The van der Waals surface area contributed by atoms with Crippen molar-refractivity contribution in [2.45, 2.75) is 24.7 Å². The van der Waals surface area contributed by atoms with Crippen molar-refractivity contribution in [2.75, 3.05) is 18.4 Å². The molecule has 2 aromatic carbocycles. The van der Waals surface area contributed by atoms with Gasteiger partial charge in [-0.3, -0.25) is 14.9 Å². The predicted molar refractivity (Wildman–Crippen MR) is 104 cm³/mol. The molecule has 1 saturated heterocycles. The lowest BCUT2D eigenvalue weighted by Crippen LogP contribution is -2.41. The summed E-state index contributed by atoms with van der Waals surface area (Å²) in [7, 11) is -3.97. The van der Waals surface area contributed by atoms with Gasteiger partial charge in [0.25, 0.3) is 5.69 Å². The number of nitro benzene ring substituents is 1. The standard InChI is InChI=1S/C19H20FN3O5S/c1-13-6-7-15(23(25)26)12-17(13)21-19(24)14-8-10-22(11-9-14)29(27,28)18-5-3-2-4-16(18)20/h2-7,12,14H,8-11H2,1H3,(H,21,24). The molecule has 1 fully saturated rings. The maximum atomic E-state index is 13.9. The molecule has 154 valence electrons. The lowest BCUT2D eigenvalue weighted by Gasteiger charge is -2.30. The molecule has 29 heavy (non-hydrogen) atoms. The third-order valence-electron chi connectivity index (χ3n) is 4.97. The Morgan fingerprint density at radius 3 is 2.48 bits per heavy atom. The van der Waals surface area contributed by atoms with Crippen molar-refractivity contribution in [2.24, 2.45) is 5.92 Å². The fraction of sp³-hybridized carbons (Fsp3) is 0.316. The molecule has 1 amide bonds. The molecule has 1 aliphatic rings. The number of halogens is 1. The summed E-state index contributed by atoms with van der Waals surface area (Å²) in [6.45, 7) is 1.90. The van der Waals surface area contributed by atoms with Crippen LogP contribution >= 0.6 is 0 Å². The first-order chi connectivity index (χ1) is 13.7. The van der Waals surface area contributed by atoms with Gasteiger partial charge in [0.2, 0.25) is 15.9 Å². The molecule has 0 atom stereocenters. The lowest BCUT2D eigenvalue weighted by molar-refractivity contribution is -0.384. The van der Waals surface area contributed by atoms with Gasteiger partial charge in [0.1, 0.15) is 10.7 Å². The van der Waals surface area contributed by atoms with Crippen LogP contribution in [-0.4, -0.2) is 36.6 Å². The number of amides is 1. The highest BCUT2D eigenvalue weighted by Crippen LogP contribution is 2.27. The minimum atomic E-state index is -3.97. The third kappa shape index (κ3) is 4.43. The van der Waals surface area contributed by atoms with Crippen molar-refractivity contribution in [1.82, 2.24) is 4.31 Å². The van der Waals surface area contributed by atoms with Crippen molar-refractivity contribution < 1.29 is 22.5 Å². The van der Waals surface area contributed by atoms with E-state index in [4.69, 9.17) is 0 Å². The highest BCUT2D eigenvalue weighted by Gasteiger charge is 2.33. The van der Waals surface area contributed by atoms with Crippen molar-refractivity contribution >= 4 is 27.3 Å². The van der Waals surface area contributed by atoms with Crippen molar-refractivity contribution in [3.8, 4) is 0 Å². The van der Waals surface area contributed by atoms with Crippen LogP contribution in [0.2, 0.25) is 0 Å². The summed E-state index contributed by atoms with van der Waals surface area (Å²) in [6.07, 6.45) is 0.543. The van der Waals surface area contributed by atoms with E-state index in [1.54, 1.807) is 13.0 Å². The van der Waals surface area contributed by atoms with Gasteiger partial charge >= 0.3 is 0 Å². The number of non-ortho nitro benzene ring substituents is 1. The van der Waals surface area contributed by atoms with Gasteiger partial charge < -0.3 is 5.32 Å². The Kier molecular flexibility index (Phi) is 5.94. The van der Waals surface area contributed by atoms with Crippen LogP contribution in [-0.2, 0) is 14.8 Å². The van der Waals surface area contributed by atoms with Gasteiger partial charge in [-0.25, -0.2) is 12.8 Å². The van der Waals surface area contributed by atoms with E-state index < -0.39 is 26.7 Å². The smallest absolute Gasteiger partial charge is 0.271 e. The normalized spacial score (nSPS) is 15.8. The van der Waals surface area contributed by atoms with Crippen LogP contribution in [0.4, 0.5) is 15.8 Å². The van der Waals surface area contributed by atoms with Crippen LogP contribution in [0, 0.1) is 28.8 Å². The maximum Gasteiger partial charge on any atom is 0.271 e. The molecule has 8 nitrogen and oxygen atoms in total. The molecule has 3 rings (SSSR count). The number of carbonyl (C=O) groups excluding carboxylic acids is 1. The molecule has 0 saturated carbocycles.